The van der Waals surface area contributed by atoms with E-state index in [9.17, 15) is 18.3 Å². The Morgan fingerprint density at radius 3 is 2.41 bits per heavy atom. The molecule has 0 aromatic heterocycles. The summed E-state index contributed by atoms with van der Waals surface area (Å²) in [5.74, 6) is -1.88. The second-order valence-corrected chi connectivity index (χ2v) is 7.64. The highest BCUT2D eigenvalue weighted by Gasteiger charge is 2.25. The van der Waals surface area contributed by atoms with E-state index in [-0.39, 0.29) is 30.0 Å². The zero-order valence-corrected chi connectivity index (χ0v) is 16.8. The fourth-order valence-electron chi connectivity index (χ4n) is 3.93. The van der Waals surface area contributed by atoms with Gasteiger partial charge >= 0.3 is 0 Å². The average molecular weight is 404 g/mol. The molecule has 1 aliphatic carbocycles. The van der Waals surface area contributed by atoms with E-state index in [0.29, 0.717) is 16.7 Å². The molecule has 0 bridgehead atoms. The lowest BCUT2D eigenvalue weighted by atomic mass is 9.78. The zero-order chi connectivity index (χ0) is 21.0. The summed E-state index contributed by atoms with van der Waals surface area (Å²) in [6, 6.07) is 7.86. The smallest absolute Gasteiger partial charge is 0.200 e. The van der Waals surface area contributed by atoms with Crippen molar-refractivity contribution in [1.29, 1.82) is 0 Å². The molecule has 2 aromatic carbocycles. The molecule has 5 heteroatoms. The molecule has 0 saturated heterocycles. The van der Waals surface area contributed by atoms with Crippen LogP contribution in [-0.2, 0) is 0 Å². The van der Waals surface area contributed by atoms with E-state index in [0.717, 1.165) is 25.7 Å². The number of aliphatic hydroxyl groups excluding tert-OH is 1. The first kappa shape index (κ1) is 21.4. The minimum atomic E-state index is -0.914. The van der Waals surface area contributed by atoms with Crippen molar-refractivity contribution in [3.63, 3.8) is 0 Å². The second kappa shape index (κ2) is 9.49. The van der Waals surface area contributed by atoms with Gasteiger partial charge in [0.1, 0.15) is 5.82 Å². The Kier molecular flexibility index (Phi) is 7.01. The first-order valence-corrected chi connectivity index (χ1v) is 10.2. The summed E-state index contributed by atoms with van der Waals surface area (Å²) >= 11 is 0. The highest BCUT2D eigenvalue weighted by molar-refractivity contribution is 5.51. The van der Waals surface area contributed by atoms with Crippen molar-refractivity contribution in [1.82, 2.24) is 0 Å². The summed E-state index contributed by atoms with van der Waals surface area (Å²) in [5.41, 5.74) is 1.44. The fourth-order valence-corrected chi connectivity index (χ4v) is 3.93. The quantitative estimate of drug-likeness (QED) is 0.592. The number of allylic oxidation sites excluding steroid dienone is 1. The maximum Gasteiger partial charge on any atom is 0.200 e. The van der Waals surface area contributed by atoms with E-state index in [1.54, 1.807) is 38.1 Å². The molecular formula is C24H27F3O2. The fraction of sp³-hybridized carbons (Fsp3) is 0.417. The largest absolute Gasteiger partial charge is 0.491 e. The molecule has 1 atom stereocenters. The zero-order valence-electron chi connectivity index (χ0n) is 16.8. The van der Waals surface area contributed by atoms with Crippen LogP contribution in [0.15, 0.2) is 36.4 Å². The third-order valence-electron chi connectivity index (χ3n) is 5.64. The van der Waals surface area contributed by atoms with E-state index >= 15 is 0 Å². The Labute approximate surface area is 170 Å². The van der Waals surface area contributed by atoms with Crippen molar-refractivity contribution in [3.8, 4) is 5.75 Å². The maximum atomic E-state index is 14.4. The van der Waals surface area contributed by atoms with Crippen LogP contribution in [0, 0.1) is 23.4 Å². The maximum absolute atomic E-state index is 14.4. The van der Waals surface area contributed by atoms with Gasteiger partial charge in [-0.25, -0.2) is 8.78 Å². The highest BCUT2D eigenvalue weighted by atomic mass is 19.2. The molecule has 0 radical (unpaired) electrons. The van der Waals surface area contributed by atoms with Gasteiger partial charge in [0.2, 0.25) is 5.82 Å². The molecular weight excluding hydrogens is 377 g/mol. The predicted molar refractivity (Wildman–Crippen MR) is 108 cm³/mol. The topological polar surface area (TPSA) is 29.5 Å². The Hall–Kier alpha value is -2.27. The first-order chi connectivity index (χ1) is 13.9. The van der Waals surface area contributed by atoms with Crippen LogP contribution in [0.4, 0.5) is 13.2 Å². The van der Waals surface area contributed by atoms with E-state index in [1.807, 2.05) is 6.08 Å². The van der Waals surface area contributed by atoms with Crippen LogP contribution >= 0.6 is 0 Å². The van der Waals surface area contributed by atoms with Crippen molar-refractivity contribution < 1.29 is 23.0 Å². The van der Waals surface area contributed by atoms with Crippen LogP contribution in [0.3, 0.4) is 0 Å². The molecule has 29 heavy (non-hydrogen) atoms. The molecule has 1 saturated carbocycles. The monoisotopic (exact) mass is 404 g/mol. The molecule has 0 heterocycles. The molecule has 3 rings (SSSR count). The van der Waals surface area contributed by atoms with Crippen molar-refractivity contribution in [3.05, 3.63) is 70.5 Å². The minimum absolute atomic E-state index is 0.0214. The molecule has 1 fully saturated rings. The number of hydrogen-bond acceptors (Lipinski definition) is 2. The van der Waals surface area contributed by atoms with Crippen molar-refractivity contribution in [2.45, 2.75) is 51.6 Å². The van der Waals surface area contributed by atoms with E-state index in [1.165, 1.54) is 12.1 Å². The lowest BCUT2D eigenvalue weighted by molar-refractivity contribution is 0.199. The standard InChI is InChI=1S/C24H27F3O2/c1-3-29-22-13-12-20(23(26)24(22)27)17-7-4-16(5-8-17)6-9-18-10-11-19(15(2)28)14-21(18)25/h6,9-17,28H,3-5,7-8H2,1-2H3/b9-6+. The summed E-state index contributed by atoms with van der Waals surface area (Å²) in [5, 5.41) is 9.53. The summed E-state index contributed by atoms with van der Waals surface area (Å²) in [6.07, 6.45) is 6.23. The van der Waals surface area contributed by atoms with Crippen molar-refractivity contribution in [2.24, 2.45) is 5.92 Å². The highest BCUT2D eigenvalue weighted by Crippen LogP contribution is 2.39. The molecule has 0 amide bonds. The van der Waals surface area contributed by atoms with Crippen LogP contribution in [0.25, 0.3) is 6.08 Å². The van der Waals surface area contributed by atoms with Crippen LogP contribution in [-0.4, -0.2) is 11.7 Å². The van der Waals surface area contributed by atoms with Crippen molar-refractivity contribution in [2.75, 3.05) is 6.61 Å². The molecule has 0 aliphatic heterocycles. The average Bonchev–Trinajstić information content (AvgIpc) is 2.71. The first-order valence-electron chi connectivity index (χ1n) is 10.2. The molecule has 0 spiro atoms. The van der Waals surface area contributed by atoms with Gasteiger partial charge in [-0.2, -0.15) is 4.39 Å². The number of hydrogen-bond donors (Lipinski definition) is 1. The number of aliphatic hydroxyl groups is 1. The van der Waals surface area contributed by atoms with Gasteiger partial charge in [-0.3, -0.25) is 0 Å². The second-order valence-electron chi connectivity index (χ2n) is 7.64. The summed E-state index contributed by atoms with van der Waals surface area (Å²) in [6.45, 7) is 3.62. The summed E-state index contributed by atoms with van der Waals surface area (Å²) in [4.78, 5) is 0. The normalized spacial score (nSPS) is 20.8. The Morgan fingerprint density at radius 1 is 1.07 bits per heavy atom. The third-order valence-corrected chi connectivity index (χ3v) is 5.64. The number of halogens is 3. The van der Waals surface area contributed by atoms with Crippen LogP contribution in [0.5, 0.6) is 5.75 Å². The van der Waals surface area contributed by atoms with Gasteiger partial charge in [-0.05, 0) is 74.6 Å². The third kappa shape index (κ3) is 5.02. The number of rotatable bonds is 6. The molecule has 1 N–H and O–H groups in total. The molecule has 1 unspecified atom stereocenters. The summed E-state index contributed by atoms with van der Waals surface area (Å²) < 4.78 is 47.9. The van der Waals surface area contributed by atoms with Gasteiger partial charge in [0.25, 0.3) is 0 Å². The van der Waals surface area contributed by atoms with Gasteiger partial charge in [0.15, 0.2) is 11.6 Å². The number of ether oxygens (including phenoxy) is 1. The van der Waals surface area contributed by atoms with Gasteiger partial charge in [-0.1, -0.05) is 30.4 Å². The van der Waals surface area contributed by atoms with E-state index in [4.69, 9.17) is 4.74 Å². The van der Waals surface area contributed by atoms with Gasteiger partial charge < -0.3 is 9.84 Å². The molecule has 156 valence electrons. The molecule has 2 aromatic rings. The summed E-state index contributed by atoms with van der Waals surface area (Å²) in [7, 11) is 0. The van der Waals surface area contributed by atoms with Gasteiger partial charge in [-0.15, -0.1) is 0 Å². The SMILES string of the molecule is CCOc1ccc(C2CCC(/C=C/c3ccc(C(C)O)cc3F)CC2)c(F)c1F. The van der Waals surface area contributed by atoms with E-state index in [2.05, 4.69) is 0 Å². The Balaban J connectivity index is 1.62. The molecule has 2 nitrogen and oxygen atoms in total. The van der Waals surface area contributed by atoms with Gasteiger partial charge in [0, 0.05) is 5.56 Å². The lowest BCUT2D eigenvalue weighted by Crippen LogP contribution is -2.14. The number of benzene rings is 2. The van der Waals surface area contributed by atoms with Gasteiger partial charge in [0.05, 0.1) is 12.7 Å². The van der Waals surface area contributed by atoms with Crippen molar-refractivity contribution >= 4 is 6.08 Å². The van der Waals surface area contributed by atoms with E-state index < -0.39 is 17.7 Å². The molecule has 1 aliphatic rings. The Bertz CT molecular complexity index is 869. The lowest BCUT2D eigenvalue weighted by Gasteiger charge is -2.27. The predicted octanol–water partition coefficient (Wildman–Crippen LogP) is 6.54. The minimum Gasteiger partial charge on any atom is -0.491 e. The van der Waals surface area contributed by atoms with Crippen LogP contribution in [0.1, 0.15) is 68.2 Å². The Morgan fingerprint density at radius 2 is 1.79 bits per heavy atom. The van der Waals surface area contributed by atoms with Crippen LogP contribution < -0.4 is 4.74 Å². The van der Waals surface area contributed by atoms with Crippen LogP contribution in [0.2, 0.25) is 0 Å².